The molecule has 0 radical (unpaired) electrons. The third-order valence-electron chi connectivity index (χ3n) is 8.71. The number of likely N-dealkylation sites (N-methyl/N-ethyl adjacent to an activating group) is 3. The van der Waals surface area contributed by atoms with Crippen molar-refractivity contribution in [2.75, 3.05) is 27.7 Å². The number of nitrogens with zero attached hydrogens (tertiary/aromatic N) is 2. The highest BCUT2D eigenvalue weighted by Crippen LogP contribution is 2.19. The molecule has 48 heavy (non-hydrogen) atoms. The highest BCUT2D eigenvalue weighted by molar-refractivity contribution is 5.96. The number of hydrogen-bond acceptors (Lipinski definition) is 7. The number of rotatable bonds is 18. The summed E-state index contributed by atoms with van der Waals surface area (Å²) in [4.78, 5) is 70.8. The zero-order valence-corrected chi connectivity index (χ0v) is 31.3. The van der Waals surface area contributed by atoms with E-state index < -0.39 is 59.9 Å². The molecular formula is C36H62N6O6. The Labute approximate surface area is 288 Å². The van der Waals surface area contributed by atoms with Crippen LogP contribution >= 0.6 is 0 Å². The minimum Gasteiger partial charge on any atom is -0.387 e. The van der Waals surface area contributed by atoms with Gasteiger partial charge >= 0.3 is 0 Å². The van der Waals surface area contributed by atoms with Gasteiger partial charge in [0.1, 0.15) is 24.2 Å². The van der Waals surface area contributed by atoms with Gasteiger partial charge in [-0.3, -0.25) is 24.0 Å². The van der Waals surface area contributed by atoms with Crippen LogP contribution in [0.2, 0.25) is 0 Å². The molecule has 1 aromatic rings. The number of hydrogen-bond donors (Lipinski definition) is 5. The van der Waals surface area contributed by atoms with E-state index in [2.05, 4.69) is 21.3 Å². The Bertz CT molecular complexity index is 1200. The van der Waals surface area contributed by atoms with Gasteiger partial charge in [-0.1, -0.05) is 99.6 Å². The van der Waals surface area contributed by atoms with Gasteiger partial charge in [-0.2, -0.15) is 0 Å². The molecule has 0 aliphatic rings. The topological polar surface area (TPSA) is 160 Å². The van der Waals surface area contributed by atoms with E-state index in [4.69, 9.17) is 0 Å². The second kappa shape index (κ2) is 19.5. The van der Waals surface area contributed by atoms with Gasteiger partial charge in [0.15, 0.2) is 0 Å². The second-order valence-electron chi connectivity index (χ2n) is 14.4. The lowest BCUT2D eigenvalue weighted by atomic mass is 9.95. The Kier molecular flexibility index (Phi) is 17.3. The number of amides is 5. The van der Waals surface area contributed by atoms with Gasteiger partial charge in [-0.15, -0.1) is 0 Å². The van der Waals surface area contributed by atoms with Gasteiger partial charge in [-0.25, -0.2) is 0 Å². The summed E-state index contributed by atoms with van der Waals surface area (Å²) >= 11 is 0. The van der Waals surface area contributed by atoms with Crippen LogP contribution in [0.15, 0.2) is 30.3 Å². The molecule has 0 spiro atoms. The van der Waals surface area contributed by atoms with E-state index in [1.165, 1.54) is 23.9 Å². The Morgan fingerprint density at radius 1 is 0.604 bits per heavy atom. The van der Waals surface area contributed by atoms with E-state index in [1.807, 2.05) is 61.5 Å². The molecule has 6 atom stereocenters. The monoisotopic (exact) mass is 674 g/mol. The molecular weight excluding hydrogens is 612 g/mol. The quantitative estimate of drug-likeness (QED) is 0.160. The molecule has 5 N–H and O–H groups in total. The fourth-order valence-corrected chi connectivity index (χ4v) is 5.94. The number of carbonyl (C=O) groups is 5. The number of benzene rings is 1. The predicted molar refractivity (Wildman–Crippen MR) is 188 cm³/mol. The van der Waals surface area contributed by atoms with Crippen molar-refractivity contribution in [3.05, 3.63) is 35.9 Å². The van der Waals surface area contributed by atoms with E-state index in [0.717, 1.165) is 0 Å². The molecule has 0 saturated heterocycles. The van der Waals surface area contributed by atoms with Crippen LogP contribution < -0.4 is 21.3 Å². The molecule has 0 bridgehead atoms. The average Bonchev–Trinajstić information content (AvgIpc) is 3.00. The maximum absolute atomic E-state index is 13.9. The summed E-state index contributed by atoms with van der Waals surface area (Å²) in [6, 6.07) is 4.81. The van der Waals surface area contributed by atoms with Gasteiger partial charge in [-0.05, 0) is 42.2 Å². The molecule has 0 aromatic heterocycles. The van der Waals surface area contributed by atoms with Gasteiger partial charge in [0.2, 0.25) is 29.5 Å². The third kappa shape index (κ3) is 11.6. The first kappa shape index (κ1) is 42.5. The van der Waals surface area contributed by atoms with Crippen LogP contribution in [0.4, 0.5) is 0 Å². The molecule has 0 fully saturated rings. The Hall–Kier alpha value is -3.51. The third-order valence-corrected chi connectivity index (χ3v) is 8.71. The van der Waals surface area contributed by atoms with E-state index in [0.29, 0.717) is 5.56 Å². The Morgan fingerprint density at radius 3 is 1.38 bits per heavy atom. The highest BCUT2D eigenvalue weighted by Gasteiger charge is 2.40. The van der Waals surface area contributed by atoms with Crippen LogP contribution in [0.3, 0.4) is 0 Å². The lowest BCUT2D eigenvalue weighted by Crippen LogP contribution is -2.62. The standard InChI is InChI=1S/C36H62N6O6/c1-20(2)27(37-11)32(44)39-28(21(3)4)35(47)42(13)31(24(9)10)34(46)40-29(22(5)6)36(48)41(12)30(23(7)8)33(45)38-19-26(43)25-17-15-14-16-18-25/h14-18,20-24,26-31,37,43H,19H2,1-13H3,(H,38,45)(H,39,44)(H,40,46)/t26?,27-,28-,29-,30-,31-/m0/s1. The van der Waals surface area contributed by atoms with Crippen LogP contribution in [0.1, 0.15) is 80.9 Å². The summed E-state index contributed by atoms with van der Waals surface area (Å²) < 4.78 is 0. The van der Waals surface area contributed by atoms with Crippen molar-refractivity contribution in [1.82, 2.24) is 31.1 Å². The highest BCUT2D eigenvalue weighted by atomic mass is 16.3. The number of aliphatic hydroxyl groups is 1. The van der Waals surface area contributed by atoms with Gasteiger partial charge < -0.3 is 36.2 Å². The molecule has 12 nitrogen and oxygen atoms in total. The summed E-state index contributed by atoms with van der Waals surface area (Å²) in [6.07, 6.45) is -0.914. The fourth-order valence-electron chi connectivity index (χ4n) is 5.94. The predicted octanol–water partition coefficient (Wildman–Crippen LogP) is 2.33. The SMILES string of the molecule is CN[C@H](C(=O)N[C@H](C(=O)N(C)[C@H](C(=O)N[C@H](C(=O)N(C)[C@H](C(=O)NCC(O)c1ccccc1)C(C)C)C(C)C)C(C)C)C(C)C)C(C)C. The van der Waals surface area contributed by atoms with Crippen LogP contribution in [0, 0.1) is 29.6 Å². The van der Waals surface area contributed by atoms with E-state index in [-0.39, 0.29) is 42.0 Å². The first-order valence-corrected chi connectivity index (χ1v) is 17.1. The largest absolute Gasteiger partial charge is 0.387 e. The molecule has 1 unspecified atom stereocenters. The smallest absolute Gasteiger partial charge is 0.245 e. The fraction of sp³-hybridized carbons (Fsp3) is 0.694. The van der Waals surface area contributed by atoms with Crippen molar-refractivity contribution in [1.29, 1.82) is 0 Å². The molecule has 0 aliphatic heterocycles. The van der Waals surface area contributed by atoms with Gasteiger partial charge in [0, 0.05) is 20.6 Å². The van der Waals surface area contributed by atoms with Gasteiger partial charge in [0.05, 0.1) is 12.1 Å². The van der Waals surface area contributed by atoms with E-state index in [1.54, 1.807) is 45.2 Å². The number of aliphatic hydroxyl groups excluding tert-OH is 1. The Morgan fingerprint density at radius 2 is 1.00 bits per heavy atom. The molecule has 0 heterocycles. The molecule has 1 rings (SSSR count). The minimum absolute atomic E-state index is 0.00396. The van der Waals surface area contributed by atoms with Crippen molar-refractivity contribution < 1.29 is 29.1 Å². The molecule has 0 saturated carbocycles. The van der Waals surface area contributed by atoms with E-state index >= 15 is 0 Å². The molecule has 0 aliphatic carbocycles. The van der Waals surface area contributed by atoms with E-state index in [9.17, 15) is 29.1 Å². The van der Waals surface area contributed by atoms with Crippen molar-refractivity contribution in [2.45, 2.75) is 106 Å². The van der Waals surface area contributed by atoms with Crippen LogP contribution in [-0.2, 0) is 24.0 Å². The Balaban J connectivity index is 3.19. The maximum atomic E-state index is 13.9. The molecule has 5 amide bonds. The van der Waals surface area contributed by atoms with Crippen LogP contribution in [0.25, 0.3) is 0 Å². The summed E-state index contributed by atoms with van der Waals surface area (Å²) in [5.41, 5.74) is 0.661. The average molecular weight is 675 g/mol. The normalized spacial score (nSPS) is 15.5. The summed E-state index contributed by atoms with van der Waals surface area (Å²) in [5.74, 6) is -3.30. The first-order chi connectivity index (χ1) is 22.3. The first-order valence-electron chi connectivity index (χ1n) is 17.1. The molecule has 1 aromatic carbocycles. The second-order valence-corrected chi connectivity index (χ2v) is 14.4. The number of carbonyl (C=O) groups excluding carboxylic acids is 5. The summed E-state index contributed by atoms with van der Waals surface area (Å²) in [5, 5.41) is 22.1. The summed E-state index contributed by atoms with van der Waals surface area (Å²) in [6.45, 7) is 18.3. The molecule has 272 valence electrons. The van der Waals surface area contributed by atoms with Crippen LogP contribution in [-0.4, -0.2) is 102 Å². The van der Waals surface area contributed by atoms with Crippen LogP contribution in [0.5, 0.6) is 0 Å². The van der Waals surface area contributed by atoms with Crippen molar-refractivity contribution in [3.8, 4) is 0 Å². The lowest BCUT2D eigenvalue weighted by molar-refractivity contribution is -0.147. The minimum atomic E-state index is -0.987. The zero-order chi connectivity index (χ0) is 37.0. The molecule has 12 heteroatoms. The number of nitrogens with one attached hydrogen (secondary N) is 4. The van der Waals surface area contributed by atoms with Crippen molar-refractivity contribution in [2.24, 2.45) is 29.6 Å². The summed E-state index contributed by atoms with van der Waals surface area (Å²) in [7, 11) is 4.76. The van der Waals surface area contributed by atoms with Crippen molar-refractivity contribution in [3.63, 3.8) is 0 Å². The maximum Gasteiger partial charge on any atom is 0.245 e. The zero-order valence-electron chi connectivity index (χ0n) is 31.3. The van der Waals surface area contributed by atoms with Crippen molar-refractivity contribution >= 4 is 29.5 Å². The van der Waals surface area contributed by atoms with Gasteiger partial charge in [0.25, 0.3) is 0 Å². The lowest BCUT2D eigenvalue weighted by Gasteiger charge is -2.37.